The molecule has 1 heterocycles. The Bertz CT molecular complexity index is 1130. The van der Waals surface area contributed by atoms with Crippen molar-refractivity contribution in [3.63, 3.8) is 0 Å². The van der Waals surface area contributed by atoms with Crippen molar-refractivity contribution in [3.8, 4) is 5.75 Å². The molecule has 0 saturated carbocycles. The molecule has 1 amide bonds. The van der Waals surface area contributed by atoms with E-state index >= 15 is 0 Å². The Hall–Kier alpha value is -2.94. The van der Waals surface area contributed by atoms with Gasteiger partial charge in [0.05, 0.1) is 7.11 Å². The van der Waals surface area contributed by atoms with Crippen molar-refractivity contribution in [2.75, 3.05) is 7.11 Å². The van der Waals surface area contributed by atoms with Crippen molar-refractivity contribution < 1.29 is 17.9 Å². The highest BCUT2D eigenvalue weighted by Gasteiger charge is 2.28. The Morgan fingerprint density at radius 1 is 1.06 bits per heavy atom. The number of rotatable bonds is 9. The lowest BCUT2D eigenvalue weighted by Gasteiger charge is -2.20. The van der Waals surface area contributed by atoms with Crippen molar-refractivity contribution in [1.29, 1.82) is 0 Å². The summed E-state index contributed by atoms with van der Waals surface area (Å²) in [6, 6.07) is 16.0. The van der Waals surface area contributed by atoms with E-state index in [1.807, 2.05) is 30.3 Å². The van der Waals surface area contributed by atoms with Crippen molar-refractivity contribution in [1.82, 2.24) is 15.0 Å². The Kier molecular flexibility index (Phi) is 7.62. The quantitative estimate of drug-likeness (QED) is 0.512. The van der Waals surface area contributed by atoms with Gasteiger partial charge in [-0.2, -0.15) is 4.72 Å². The van der Waals surface area contributed by atoms with Crippen LogP contribution in [0.2, 0.25) is 5.02 Å². The van der Waals surface area contributed by atoms with E-state index in [1.165, 1.54) is 25.3 Å². The van der Waals surface area contributed by atoms with E-state index in [0.717, 1.165) is 11.1 Å². The second-order valence-electron chi connectivity index (χ2n) is 6.73. The molecule has 7 nitrogen and oxygen atoms in total. The number of nitrogens with zero attached hydrogens (tertiary/aromatic N) is 1. The first kappa shape index (κ1) is 22.7. The van der Waals surface area contributed by atoms with Gasteiger partial charge in [0.2, 0.25) is 15.9 Å². The van der Waals surface area contributed by atoms with Crippen LogP contribution >= 0.6 is 11.6 Å². The number of pyridine rings is 1. The van der Waals surface area contributed by atoms with Gasteiger partial charge in [-0.05, 0) is 47.9 Å². The number of hydrogen-bond donors (Lipinski definition) is 2. The van der Waals surface area contributed by atoms with Crippen molar-refractivity contribution in [3.05, 3.63) is 89.2 Å². The number of carbonyl (C=O) groups is 1. The zero-order chi connectivity index (χ0) is 22.3. The van der Waals surface area contributed by atoms with Gasteiger partial charge in [0.15, 0.2) is 0 Å². The predicted octanol–water partition coefficient (Wildman–Crippen LogP) is 2.95. The fraction of sp³-hybridized carbons (Fsp3) is 0.182. The fourth-order valence-corrected chi connectivity index (χ4v) is 4.59. The molecule has 0 spiro atoms. The Labute approximate surface area is 186 Å². The molecule has 0 bridgehead atoms. The molecule has 0 radical (unpaired) electrons. The van der Waals surface area contributed by atoms with Crippen LogP contribution in [0.25, 0.3) is 0 Å². The smallest absolute Gasteiger partial charge is 0.245 e. The van der Waals surface area contributed by atoms with Crippen LogP contribution in [0.15, 0.2) is 78.0 Å². The van der Waals surface area contributed by atoms with Gasteiger partial charge >= 0.3 is 0 Å². The van der Waals surface area contributed by atoms with E-state index in [-0.39, 0.29) is 28.6 Å². The summed E-state index contributed by atoms with van der Waals surface area (Å²) in [5.74, 6) is -0.321. The van der Waals surface area contributed by atoms with E-state index in [2.05, 4.69) is 15.0 Å². The second-order valence-corrected chi connectivity index (χ2v) is 8.85. The minimum Gasteiger partial charge on any atom is -0.495 e. The average molecular weight is 460 g/mol. The summed E-state index contributed by atoms with van der Waals surface area (Å²) in [6.07, 6.45) is 3.42. The van der Waals surface area contributed by atoms with E-state index in [0.29, 0.717) is 0 Å². The molecule has 162 valence electrons. The van der Waals surface area contributed by atoms with Crippen LogP contribution in [-0.2, 0) is 27.8 Å². The normalized spacial score (nSPS) is 12.2. The van der Waals surface area contributed by atoms with Gasteiger partial charge in [-0.1, -0.05) is 41.9 Å². The monoisotopic (exact) mass is 459 g/mol. The lowest BCUT2D eigenvalue weighted by atomic mass is 10.1. The first-order valence-corrected chi connectivity index (χ1v) is 11.3. The lowest BCUT2D eigenvalue weighted by molar-refractivity contribution is -0.122. The zero-order valence-electron chi connectivity index (χ0n) is 16.8. The molecule has 0 aliphatic heterocycles. The molecule has 0 aliphatic rings. The number of methoxy groups -OCH3 is 1. The molecule has 0 unspecified atom stereocenters. The summed E-state index contributed by atoms with van der Waals surface area (Å²) in [5, 5.41) is 3.02. The van der Waals surface area contributed by atoms with E-state index in [9.17, 15) is 13.2 Å². The molecular formula is C22H22ClN3O4S. The van der Waals surface area contributed by atoms with Gasteiger partial charge in [0.1, 0.15) is 16.7 Å². The predicted molar refractivity (Wildman–Crippen MR) is 118 cm³/mol. The number of sulfonamides is 1. The summed E-state index contributed by atoms with van der Waals surface area (Å²) in [6.45, 7) is 0.245. The minimum atomic E-state index is -4.10. The fourth-order valence-electron chi connectivity index (χ4n) is 2.96. The van der Waals surface area contributed by atoms with Crippen LogP contribution in [0.3, 0.4) is 0 Å². The third kappa shape index (κ3) is 6.27. The molecule has 1 atom stereocenters. The van der Waals surface area contributed by atoms with Gasteiger partial charge in [0.25, 0.3) is 0 Å². The Morgan fingerprint density at radius 3 is 2.45 bits per heavy atom. The topological polar surface area (TPSA) is 97.4 Å². The van der Waals surface area contributed by atoms with Crippen LogP contribution in [0.4, 0.5) is 0 Å². The number of nitrogens with one attached hydrogen (secondary N) is 2. The molecular weight excluding hydrogens is 438 g/mol. The van der Waals surface area contributed by atoms with Crippen LogP contribution in [-0.4, -0.2) is 32.5 Å². The van der Waals surface area contributed by atoms with Gasteiger partial charge < -0.3 is 10.1 Å². The number of ether oxygens (including phenoxy) is 1. The molecule has 3 aromatic rings. The summed E-state index contributed by atoms with van der Waals surface area (Å²) >= 11 is 5.99. The van der Waals surface area contributed by atoms with Gasteiger partial charge in [-0.3, -0.25) is 9.78 Å². The van der Waals surface area contributed by atoms with E-state index in [1.54, 1.807) is 24.5 Å². The van der Waals surface area contributed by atoms with Crippen molar-refractivity contribution >= 4 is 27.5 Å². The largest absolute Gasteiger partial charge is 0.495 e. The third-order valence-corrected chi connectivity index (χ3v) is 6.26. The maximum atomic E-state index is 13.1. The number of carbonyl (C=O) groups excluding carboxylic acids is 1. The van der Waals surface area contributed by atoms with Crippen LogP contribution in [0, 0.1) is 0 Å². The van der Waals surface area contributed by atoms with E-state index < -0.39 is 22.0 Å². The summed E-state index contributed by atoms with van der Waals surface area (Å²) in [5.41, 5.74) is 1.66. The molecule has 0 saturated heterocycles. The third-order valence-electron chi connectivity index (χ3n) is 4.53. The molecule has 9 heteroatoms. The number of aromatic nitrogens is 1. The summed E-state index contributed by atoms with van der Waals surface area (Å²) < 4.78 is 33.9. The lowest BCUT2D eigenvalue weighted by Crippen LogP contribution is -2.47. The van der Waals surface area contributed by atoms with Crippen molar-refractivity contribution in [2.24, 2.45) is 0 Å². The average Bonchev–Trinajstić information content (AvgIpc) is 2.78. The Morgan fingerprint density at radius 2 is 1.77 bits per heavy atom. The molecule has 2 aromatic carbocycles. The highest BCUT2D eigenvalue weighted by molar-refractivity contribution is 7.89. The molecule has 2 N–H and O–H groups in total. The molecule has 3 rings (SSSR count). The highest BCUT2D eigenvalue weighted by Crippen LogP contribution is 2.27. The summed E-state index contributed by atoms with van der Waals surface area (Å²) in [4.78, 5) is 16.7. The minimum absolute atomic E-state index is 0.132. The Balaban J connectivity index is 1.85. The zero-order valence-corrected chi connectivity index (χ0v) is 18.4. The molecule has 1 aromatic heterocycles. The first-order valence-electron chi connectivity index (χ1n) is 9.45. The highest BCUT2D eigenvalue weighted by atomic mass is 35.5. The van der Waals surface area contributed by atoms with Crippen LogP contribution in [0.5, 0.6) is 5.75 Å². The number of hydrogen-bond acceptors (Lipinski definition) is 5. The molecule has 0 fully saturated rings. The van der Waals surface area contributed by atoms with E-state index in [4.69, 9.17) is 16.3 Å². The summed E-state index contributed by atoms with van der Waals surface area (Å²) in [7, 11) is -2.74. The van der Waals surface area contributed by atoms with Crippen LogP contribution in [0.1, 0.15) is 11.1 Å². The molecule has 0 aliphatic carbocycles. The first-order chi connectivity index (χ1) is 14.9. The standard InChI is InChI=1S/C22H22ClN3O4S/c1-30-20-8-7-18(23)14-21(20)31(28,29)26-19(13-16-5-3-2-4-6-16)22(27)25-15-17-9-11-24-12-10-17/h2-12,14,19,26H,13,15H2,1H3,(H,25,27)/t19-/m1/s1. The van der Waals surface area contributed by atoms with Crippen molar-refractivity contribution in [2.45, 2.75) is 23.9 Å². The maximum absolute atomic E-state index is 13.1. The number of benzene rings is 2. The van der Waals surface area contributed by atoms with Gasteiger partial charge in [-0.15, -0.1) is 0 Å². The van der Waals surface area contributed by atoms with Crippen LogP contribution < -0.4 is 14.8 Å². The van der Waals surface area contributed by atoms with Gasteiger partial charge in [-0.25, -0.2) is 8.42 Å². The maximum Gasteiger partial charge on any atom is 0.245 e. The second kappa shape index (κ2) is 10.4. The van der Waals surface area contributed by atoms with Gasteiger partial charge in [0, 0.05) is 24.0 Å². The number of amides is 1. The molecule has 31 heavy (non-hydrogen) atoms. The SMILES string of the molecule is COc1ccc(Cl)cc1S(=O)(=O)N[C@H](Cc1ccccc1)C(=O)NCc1ccncc1. The number of halogens is 1.